The first-order chi connectivity index (χ1) is 16.1. The number of ketones is 1. The van der Waals surface area contributed by atoms with Crippen LogP contribution in [0.3, 0.4) is 0 Å². The van der Waals surface area contributed by atoms with E-state index in [4.69, 9.17) is 10.6 Å². The Hall–Kier alpha value is -3.00. The van der Waals surface area contributed by atoms with E-state index in [-0.39, 0.29) is 18.2 Å². The minimum absolute atomic E-state index is 0.181. The van der Waals surface area contributed by atoms with E-state index in [1.54, 1.807) is 6.92 Å². The number of aliphatic hydroxyl groups is 1. The number of nitrogens with zero attached hydrogens (tertiary/aromatic N) is 1. The molecular weight excluding hydrogens is 430 g/mol. The topological polar surface area (TPSA) is 109 Å². The number of hydroxylamine groups is 2. The van der Waals surface area contributed by atoms with Gasteiger partial charge in [-0.15, -0.1) is 0 Å². The van der Waals surface area contributed by atoms with Gasteiger partial charge < -0.3 is 15.8 Å². The predicted octanol–water partition coefficient (Wildman–Crippen LogP) is 3.11. The van der Waals surface area contributed by atoms with Crippen LogP contribution in [0.2, 0.25) is 0 Å². The Balaban J connectivity index is 1.39. The molecule has 1 fully saturated rings. The van der Waals surface area contributed by atoms with Gasteiger partial charge in [-0.25, -0.2) is 5.06 Å². The van der Waals surface area contributed by atoms with Crippen molar-refractivity contribution in [1.82, 2.24) is 10.0 Å². The largest absolute Gasteiger partial charge is 0.381 e. The molecule has 7 nitrogen and oxygen atoms in total. The quantitative estimate of drug-likeness (QED) is 0.573. The maximum Gasteiger partial charge on any atom is 0.263 e. The van der Waals surface area contributed by atoms with E-state index in [0.717, 1.165) is 51.6 Å². The first kappa shape index (κ1) is 22.8. The molecule has 0 saturated heterocycles. The van der Waals surface area contributed by atoms with Gasteiger partial charge in [0, 0.05) is 28.1 Å². The second-order valence-electron chi connectivity index (χ2n) is 9.93. The highest BCUT2D eigenvalue weighted by molar-refractivity contribution is 6.11. The number of benzene rings is 1. The van der Waals surface area contributed by atoms with Crippen molar-refractivity contribution in [2.45, 2.75) is 51.7 Å². The Bertz CT molecular complexity index is 1310. The smallest absolute Gasteiger partial charge is 0.263 e. The lowest BCUT2D eigenvalue weighted by atomic mass is 9.67. The summed E-state index contributed by atoms with van der Waals surface area (Å²) in [4.78, 5) is 35.2. The second kappa shape index (κ2) is 7.77. The van der Waals surface area contributed by atoms with Crippen LogP contribution >= 0.6 is 0 Å². The fourth-order valence-electron chi connectivity index (χ4n) is 5.80. The Kier molecular flexibility index (Phi) is 5.20. The molecule has 7 heteroatoms. The second-order valence-corrected chi connectivity index (χ2v) is 9.93. The summed E-state index contributed by atoms with van der Waals surface area (Å²) in [7, 11) is 1.45. The number of para-hydroxylation sites is 1. The lowest BCUT2D eigenvalue weighted by Crippen LogP contribution is -2.50. The van der Waals surface area contributed by atoms with Crippen LogP contribution in [0.4, 0.5) is 0 Å². The van der Waals surface area contributed by atoms with Crippen molar-refractivity contribution in [2.75, 3.05) is 13.7 Å². The van der Waals surface area contributed by atoms with E-state index in [1.165, 1.54) is 12.2 Å². The van der Waals surface area contributed by atoms with Crippen molar-refractivity contribution in [2.24, 2.45) is 11.1 Å². The Labute approximate surface area is 198 Å². The number of fused-ring (bicyclic) bond motifs is 2. The van der Waals surface area contributed by atoms with Crippen molar-refractivity contribution in [1.29, 1.82) is 0 Å². The molecule has 2 aromatic rings. The zero-order valence-corrected chi connectivity index (χ0v) is 20.1. The van der Waals surface area contributed by atoms with E-state index in [2.05, 4.69) is 4.98 Å². The van der Waals surface area contributed by atoms with Gasteiger partial charge in [-0.2, -0.15) is 0 Å². The third kappa shape index (κ3) is 3.15. The molecule has 0 aliphatic heterocycles. The van der Waals surface area contributed by atoms with Crippen molar-refractivity contribution in [3.8, 4) is 0 Å². The molecule has 34 heavy (non-hydrogen) atoms. The van der Waals surface area contributed by atoms with Gasteiger partial charge in [0.1, 0.15) is 5.60 Å². The number of Topliss-reactive ketones (excluding diaryl/α,β-unsaturated/α-hetero) is 1. The van der Waals surface area contributed by atoms with Crippen LogP contribution in [-0.2, 0) is 20.8 Å². The molecular formula is C27H31N3O4. The molecule has 0 radical (unpaired) electrons. The highest BCUT2D eigenvalue weighted by Gasteiger charge is 2.65. The van der Waals surface area contributed by atoms with Gasteiger partial charge >= 0.3 is 0 Å². The van der Waals surface area contributed by atoms with Crippen molar-refractivity contribution < 1.29 is 19.5 Å². The zero-order chi connectivity index (χ0) is 24.4. The van der Waals surface area contributed by atoms with E-state index >= 15 is 0 Å². The van der Waals surface area contributed by atoms with Crippen molar-refractivity contribution in [3.05, 3.63) is 70.0 Å². The summed E-state index contributed by atoms with van der Waals surface area (Å²) in [6.07, 6.45) is 5.64. The number of hydrogen-bond donors (Lipinski definition) is 3. The van der Waals surface area contributed by atoms with E-state index in [1.807, 2.05) is 50.4 Å². The number of carbonyl (C=O) groups excluding carboxylic acids is 2. The van der Waals surface area contributed by atoms with Crippen molar-refractivity contribution >= 4 is 22.6 Å². The summed E-state index contributed by atoms with van der Waals surface area (Å²) in [5.74, 6) is -0.568. The highest BCUT2D eigenvalue weighted by atomic mass is 16.7. The molecule has 1 aromatic heterocycles. The van der Waals surface area contributed by atoms with Gasteiger partial charge in [0.2, 0.25) is 0 Å². The Morgan fingerprint density at radius 3 is 2.68 bits per heavy atom. The SMILES string of the molecule is CON(CC1=C(C)C=C2C(=O)[C@](C)(O)C3(CC3)C(C)=C21)C(=O)C(N)Cc1c[nH]c2ccccc12. The molecule has 1 amide bonds. The van der Waals surface area contributed by atoms with Crippen LogP contribution in [0.25, 0.3) is 10.9 Å². The van der Waals surface area contributed by atoms with E-state index in [9.17, 15) is 14.7 Å². The molecule has 178 valence electrons. The molecule has 1 spiro atoms. The Morgan fingerprint density at radius 1 is 1.29 bits per heavy atom. The molecule has 5 rings (SSSR count). The summed E-state index contributed by atoms with van der Waals surface area (Å²) in [6, 6.07) is 7.12. The molecule has 0 bridgehead atoms. The monoisotopic (exact) mass is 461 g/mol. The first-order valence-corrected chi connectivity index (χ1v) is 11.7. The number of amides is 1. The number of nitrogens with one attached hydrogen (secondary N) is 1. The number of aromatic amines is 1. The number of H-pyrrole nitrogens is 1. The number of aromatic nitrogens is 1. The predicted molar refractivity (Wildman–Crippen MR) is 129 cm³/mol. The van der Waals surface area contributed by atoms with Crippen LogP contribution in [0.15, 0.2) is 64.4 Å². The van der Waals surface area contributed by atoms with Gasteiger partial charge in [0.05, 0.1) is 19.7 Å². The average Bonchev–Trinajstić information content (AvgIpc) is 3.46. The van der Waals surface area contributed by atoms with Gasteiger partial charge in [0.15, 0.2) is 5.78 Å². The van der Waals surface area contributed by atoms with E-state index < -0.39 is 17.1 Å². The molecule has 4 N–H and O–H groups in total. The van der Waals surface area contributed by atoms with Crippen LogP contribution in [0.1, 0.15) is 39.2 Å². The van der Waals surface area contributed by atoms with Crippen LogP contribution in [0, 0.1) is 5.41 Å². The highest BCUT2D eigenvalue weighted by Crippen LogP contribution is 2.65. The summed E-state index contributed by atoms with van der Waals surface area (Å²) in [6.45, 7) is 5.73. The minimum atomic E-state index is -1.40. The molecule has 1 heterocycles. The van der Waals surface area contributed by atoms with Crippen LogP contribution in [-0.4, -0.2) is 52.1 Å². The number of allylic oxidation sites excluding steroid dienone is 2. The maximum atomic E-state index is 13.3. The number of rotatable bonds is 6. The summed E-state index contributed by atoms with van der Waals surface area (Å²) in [5.41, 5.74) is 10.6. The number of nitrogens with two attached hydrogens (primary N) is 1. The molecule has 1 saturated carbocycles. The molecule has 1 unspecified atom stereocenters. The van der Waals surface area contributed by atoms with Gasteiger partial charge in [0.25, 0.3) is 5.91 Å². The summed E-state index contributed by atoms with van der Waals surface area (Å²) in [5, 5.41) is 13.4. The zero-order valence-electron chi connectivity index (χ0n) is 20.1. The van der Waals surface area contributed by atoms with Gasteiger partial charge in [-0.3, -0.25) is 14.4 Å². The molecule has 2 atom stereocenters. The Morgan fingerprint density at radius 2 is 2.00 bits per heavy atom. The minimum Gasteiger partial charge on any atom is -0.381 e. The summed E-state index contributed by atoms with van der Waals surface area (Å²) >= 11 is 0. The normalized spacial score (nSPS) is 24.1. The average molecular weight is 462 g/mol. The van der Waals surface area contributed by atoms with Crippen LogP contribution in [0.5, 0.6) is 0 Å². The van der Waals surface area contributed by atoms with Gasteiger partial charge in [-0.05, 0) is 74.5 Å². The van der Waals surface area contributed by atoms with Gasteiger partial charge in [-0.1, -0.05) is 23.8 Å². The fourth-order valence-corrected chi connectivity index (χ4v) is 5.80. The first-order valence-electron chi connectivity index (χ1n) is 11.7. The summed E-state index contributed by atoms with van der Waals surface area (Å²) < 4.78 is 0. The maximum absolute atomic E-state index is 13.3. The molecule has 1 aromatic carbocycles. The lowest BCUT2D eigenvalue weighted by Gasteiger charge is -2.39. The molecule has 3 aliphatic carbocycles. The third-order valence-corrected chi connectivity index (χ3v) is 8.07. The lowest BCUT2D eigenvalue weighted by molar-refractivity contribution is -0.175. The number of hydrogen-bond acceptors (Lipinski definition) is 5. The molecule has 3 aliphatic rings. The third-order valence-electron chi connectivity index (χ3n) is 8.07. The number of carbonyl (C=O) groups is 2. The van der Waals surface area contributed by atoms with Crippen molar-refractivity contribution in [3.63, 3.8) is 0 Å². The fraction of sp³-hybridized carbons (Fsp3) is 0.407. The van der Waals surface area contributed by atoms with E-state index in [0.29, 0.717) is 12.0 Å². The standard InChI is InChI=1S/C27H31N3O4/c1-15-11-19-23(16(2)27(9-10-27)26(3,33)24(19)31)20(15)14-30(34-4)25(32)21(28)12-17-13-29-22-8-6-5-7-18(17)22/h5-8,11,13,21,29,33H,9-10,12,14,28H2,1-4H3/t21?,26-/m0/s1. The van der Waals surface area contributed by atoms with Crippen LogP contribution < -0.4 is 5.73 Å².